The first-order chi connectivity index (χ1) is 16.6. The van der Waals surface area contributed by atoms with Crippen LogP contribution >= 0.6 is 0 Å². The maximum absolute atomic E-state index is 14.8. The van der Waals surface area contributed by atoms with E-state index >= 15 is 0 Å². The van der Waals surface area contributed by atoms with Crippen molar-refractivity contribution in [1.29, 1.82) is 0 Å². The van der Waals surface area contributed by atoms with E-state index in [2.05, 4.69) is 9.13 Å². The van der Waals surface area contributed by atoms with Crippen molar-refractivity contribution in [3.8, 4) is 11.5 Å². The molecule has 0 bridgehead atoms. The lowest BCUT2D eigenvalue weighted by molar-refractivity contribution is -0.253. The minimum atomic E-state index is -4.88. The molecule has 0 unspecified atom stereocenters. The molecule has 4 nitrogen and oxygen atoms in total. The summed E-state index contributed by atoms with van der Waals surface area (Å²) < 4.78 is 108. The van der Waals surface area contributed by atoms with Gasteiger partial charge in [0.05, 0.1) is 0 Å². The zero-order valence-electron chi connectivity index (χ0n) is 21.9. The monoisotopic (exact) mass is 567 g/mol. The lowest BCUT2D eigenvalue weighted by atomic mass is 10.0. The van der Waals surface area contributed by atoms with Gasteiger partial charge in [0, 0.05) is 17.2 Å². The molecule has 0 saturated heterocycles. The summed E-state index contributed by atoms with van der Waals surface area (Å²) in [7, 11) is -2.51. The Labute approximate surface area is 217 Å². The summed E-state index contributed by atoms with van der Waals surface area (Å²) >= 11 is -1.92. The average Bonchev–Trinajstić information content (AvgIpc) is 2.71. The molecule has 0 heterocycles. The van der Waals surface area contributed by atoms with Gasteiger partial charge in [0.1, 0.15) is 39.1 Å². The minimum absolute atomic E-state index is 0.115. The van der Waals surface area contributed by atoms with E-state index in [0.29, 0.717) is 6.07 Å². The van der Waals surface area contributed by atoms with Crippen LogP contribution in [0.15, 0.2) is 40.8 Å². The van der Waals surface area contributed by atoms with Crippen LogP contribution in [-0.2, 0) is 11.4 Å². The van der Waals surface area contributed by atoms with E-state index in [-0.39, 0.29) is 27.6 Å². The molecule has 0 fully saturated rings. The molecule has 0 aliphatic rings. The predicted molar refractivity (Wildman–Crippen MR) is 136 cm³/mol. The summed E-state index contributed by atoms with van der Waals surface area (Å²) in [6, 6.07) is 5.95. The second-order valence-electron chi connectivity index (χ2n) is 10.9. The van der Waals surface area contributed by atoms with Crippen molar-refractivity contribution in [3.05, 3.63) is 59.2 Å². The molecule has 1 atom stereocenters. The molecular weight excluding hydrogens is 536 g/mol. The third kappa shape index (κ3) is 7.90. The molecule has 0 saturated carbocycles. The Hall–Kier alpha value is -2.18. The highest BCUT2D eigenvalue weighted by atomic mass is 32.2. The van der Waals surface area contributed by atoms with E-state index in [4.69, 9.17) is 4.43 Å². The predicted octanol–water partition coefficient (Wildman–Crippen LogP) is 7.89. The molecule has 12 heteroatoms. The molecule has 0 aromatic heterocycles. The Morgan fingerprint density at radius 3 is 2.05 bits per heavy atom. The Balaban J connectivity index is 2.71. The van der Waals surface area contributed by atoms with Crippen LogP contribution in [0.25, 0.3) is 0 Å². The molecule has 0 aliphatic carbocycles. The Morgan fingerprint density at radius 1 is 0.946 bits per heavy atom. The van der Waals surface area contributed by atoms with Crippen LogP contribution in [0, 0.1) is 11.6 Å². The Bertz CT molecular complexity index is 1150. The second kappa shape index (κ2) is 10.9. The molecule has 37 heavy (non-hydrogen) atoms. The summed E-state index contributed by atoms with van der Waals surface area (Å²) in [5.41, 5.74) is -0.203. The van der Waals surface area contributed by atoms with Gasteiger partial charge in [-0.25, -0.2) is 8.78 Å². The molecule has 2 aromatic carbocycles. The Morgan fingerprint density at radius 2 is 1.54 bits per heavy atom. The van der Waals surface area contributed by atoms with Gasteiger partial charge in [-0.1, -0.05) is 25.2 Å². The van der Waals surface area contributed by atoms with E-state index in [1.165, 1.54) is 12.1 Å². The van der Waals surface area contributed by atoms with Gasteiger partial charge >= 0.3 is 12.5 Å². The zero-order valence-corrected chi connectivity index (χ0v) is 23.7. The molecular formula is C25H31F6NO3SSi. The first-order valence-corrected chi connectivity index (χ1v) is 15.3. The number of rotatable bonds is 8. The van der Waals surface area contributed by atoms with Crippen LogP contribution < -0.4 is 9.16 Å². The molecule has 0 spiro atoms. The summed E-state index contributed by atoms with van der Waals surface area (Å²) in [5, 5.41) is -0.273. The van der Waals surface area contributed by atoms with Crippen LogP contribution in [0.3, 0.4) is 0 Å². The lowest BCUT2D eigenvalue weighted by Gasteiger charge is -2.36. The van der Waals surface area contributed by atoms with Crippen LogP contribution in [0.2, 0.25) is 18.1 Å². The fourth-order valence-corrected chi connectivity index (χ4v) is 4.27. The zero-order chi connectivity index (χ0) is 28.6. The SMILES string of the molecule is CC(C)(C)[S@@+]([O-])/N=C(\c1cc(F)cc(OC(F)(F)C(F)F)c1)c1ccc(F)c(O[Si](C)(C)C(C)(C)C)c1. The topological polar surface area (TPSA) is 53.9 Å². The second-order valence-corrected chi connectivity index (χ2v) is 17.6. The van der Waals surface area contributed by atoms with E-state index in [1.807, 2.05) is 33.9 Å². The molecule has 0 N–H and O–H groups in total. The molecule has 206 valence electrons. The van der Waals surface area contributed by atoms with E-state index in [9.17, 15) is 30.9 Å². The highest BCUT2D eigenvalue weighted by molar-refractivity contribution is 7.91. The third-order valence-electron chi connectivity index (χ3n) is 5.73. The quantitative estimate of drug-likeness (QED) is 0.141. The van der Waals surface area contributed by atoms with Gasteiger partial charge in [-0.15, -0.1) is 0 Å². The van der Waals surface area contributed by atoms with E-state index in [0.717, 1.165) is 18.2 Å². The summed E-state index contributed by atoms with van der Waals surface area (Å²) in [6.45, 7) is 14.6. The van der Waals surface area contributed by atoms with Gasteiger partial charge in [-0.2, -0.15) is 17.6 Å². The van der Waals surface area contributed by atoms with E-state index in [1.54, 1.807) is 20.8 Å². The van der Waals surface area contributed by atoms with Crippen molar-refractivity contribution in [1.82, 2.24) is 0 Å². The summed E-state index contributed by atoms with van der Waals surface area (Å²) in [6.07, 6.45) is -9.04. The smallest absolute Gasteiger partial charge is 0.461 e. The number of alkyl halides is 4. The fourth-order valence-electron chi connectivity index (χ4n) is 2.61. The van der Waals surface area contributed by atoms with Crippen LogP contribution in [-0.4, -0.2) is 35.9 Å². The molecule has 0 amide bonds. The van der Waals surface area contributed by atoms with Gasteiger partial charge in [0.2, 0.25) is 0 Å². The maximum atomic E-state index is 14.8. The lowest BCUT2D eigenvalue weighted by Crippen LogP contribution is -2.44. The van der Waals surface area contributed by atoms with Gasteiger partial charge in [0.15, 0.2) is 5.82 Å². The summed E-state index contributed by atoms with van der Waals surface area (Å²) in [5.74, 6) is -2.78. The van der Waals surface area contributed by atoms with E-state index < -0.39 is 54.3 Å². The minimum Gasteiger partial charge on any atom is -0.591 e. The number of benzene rings is 2. The fraction of sp³-hybridized carbons (Fsp3) is 0.480. The molecule has 0 aliphatic heterocycles. The standard InChI is InChI=1S/C25H31F6NO3SSi/c1-23(2,3)36(33)32-21(16-11-17(26)14-18(12-16)34-25(30,31)22(28)29)15-9-10-19(27)20(13-15)35-37(7,8)24(4,5)6/h9-14,22H,1-8H3/b32-21-/t36-/m1/s1. The number of nitrogens with zero attached hydrogens (tertiary/aromatic N) is 1. The first kappa shape index (κ1) is 31.0. The number of ether oxygens (including phenoxy) is 1. The van der Waals surface area contributed by atoms with Crippen LogP contribution in [0.5, 0.6) is 11.5 Å². The van der Waals surface area contributed by atoms with Gasteiger partial charge in [0.25, 0.3) is 8.32 Å². The van der Waals surface area contributed by atoms with Gasteiger partial charge < -0.3 is 13.7 Å². The molecule has 0 radical (unpaired) electrons. The highest BCUT2D eigenvalue weighted by Crippen LogP contribution is 2.38. The third-order valence-corrected chi connectivity index (χ3v) is 11.5. The number of hydrogen-bond acceptors (Lipinski definition) is 4. The number of halogens is 6. The van der Waals surface area contributed by atoms with Crippen LogP contribution in [0.4, 0.5) is 26.3 Å². The van der Waals surface area contributed by atoms with Gasteiger partial charge in [-0.05, 0) is 69.2 Å². The van der Waals surface area contributed by atoms with Crippen molar-refractivity contribution in [2.24, 2.45) is 4.40 Å². The van der Waals surface area contributed by atoms with Crippen molar-refractivity contribution >= 4 is 25.4 Å². The Kier molecular flexibility index (Phi) is 9.14. The average molecular weight is 568 g/mol. The maximum Gasteiger partial charge on any atom is 0.461 e. The first-order valence-electron chi connectivity index (χ1n) is 11.3. The normalized spacial score (nSPS) is 14.6. The molecule has 2 aromatic rings. The number of hydrogen-bond donors (Lipinski definition) is 0. The van der Waals surface area contributed by atoms with Crippen molar-refractivity contribution in [2.45, 2.75) is 77.0 Å². The molecule has 2 rings (SSSR count). The van der Waals surface area contributed by atoms with Crippen molar-refractivity contribution in [3.63, 3.8) is 0 Å². The summed E-state index contributed by atoms with van der Waals surface area (Å²) in [4.78, 5) is 0. The van der Waals surface area contributed by atoms with Crippen LogP contribution in [0.1, 0.15) is 52.7 Å². The van der Waals surface area contributed by atoms with Gasteiger partial charge in [-0.3, -0.25) is 0 Å². The van der Waals surface area contributed by atoms with Crippen molar-refractivity contribution < 1.29 is 40.1 Å². The largest absolute Gasteiger partial charge is 0.591 e. The van der Waals surface area contributed by atoms with Crippen molar-refractivity contribution in [2.75, 3.05) is 0 Å². The highest BCUT2D eigenvalue weighted by Gasteiger charge is 2.44.